The second-order valence-corrected chi connectivity index (χ2v) is 14.1. The Morgan fingerprint density at radius 1 is 1.07 bits per heavy atom. The smallest absolute Gasteiger partial charge is 0.321 e. The molecule has 1 saturated heterocycles. The summed E-state index contributed by atoms with van der Waals surface area (Å²) in [5.41, 5.74) is 3.85. The summed E-state index contributed by atoms with van der Waals surface area (Å²) in [5, 5.41) is 17.8. The highest BCUT2D eigenvalue weighted by Gasteiger charge is 2.44. The Morgan fingerprint density at radius 3 is 2.58 bits per heavy atom. The van der Waals surface area contributed by atoms with E-state index in [2.05, 4.69) is 85.0 Å². The minimum absolute atomic E-state index is 0.0516. The maximum Gasteiger partial charge on any atom is 0.321 e. The molecule has 1 N–H and O–H groups in total. The molecule has 6 heteroatoms. The molecule has 2 aromatic carbocycles. The molecule has 2 fully saturated rings. The molecule has 0 spiro atoms. The van der Waals surface area contributed by atoms with Gasteiger partial charge in [0.25, 0.3) is 0 Å². The van der Waals surface area contributed by atoms with Crippen LogP contribution in [0.3, 0.4) is 0 Å². The third-order valence-corrected chi connectivity index (χ3v) is 11.3. The number of aryl methyl sites for hydroxylation is 1. The number of hydrogen-bond donors (Lipinski definition) is 1. The number of benzene rings is 2. The Kier molecular flexibility index (Phi) is 9.89. The van der Waals surface area contributed by atoms with Crippen LogP contribution in [0.1, 0.15) is 88.6 Å². The molecule has 1 saturated carbocycles. The van der Waals surface area contributed by atoms with Crippen LogP contribution in [0.25, 0.3) is 10.8 Å². The summed E-state index contributed by atoms with van der Waals surface area (Å²) in [4.78, 5) is 14.6. The Morgan fingerprint density at radius 2 is 1.84 bits per heavy atom. The average molecular weight is 612 g/mol. The number of fused-ring (bicyclic) bond motifs is 1. The van der Waals surface area contributed by atoms with Gasteiger partial charge in [-0.1, -0.05) is 74.9 Å². The first-order valence-electron chi connectivity index (χ1n) is 17.4. The van der Waals surface area contributed by atoms with Crippen molar-refractivity contribution in [1.29, 1.82) is 0 Å². The highest BCUT2D eigenvalue weighted by Crippen LogP contribution is 2.44. The van der Waals surface area contributed by atoms with Crippen molar-refractivity contribution >= 4 is 16.7 Å². The van der Waals surface area contributed by atoms with E-state index < -0.39 is 12.0 Å². The predicted molar refractivity (Wildman–Crippen MR) is 180 cm³/mol. The zero-order valence-electron chi connectivity index (χ0n) is 27.2. The lowest BCUT2D eigenvalue weighted by atomic mass is 9.72. The summed E-state index contributed by atoms with van der Waals surface area (Å²) in [6, 6.07) is 17.0. The standard InChI is InChI=1S/C39H50FN3O2/c1-4-26(3)38(39(44)45)42-24-32(36(25-42)30-13-9-14-33(40)21-30)20-27-16-18-29(19-17-27)37-23-34(41-43(37)5-2)22-31-12-8-11-28-10-6-7-15-35(28)31/h6-15,23,26-27,29-30,32,36,38H,4-5,16-22,24-25H2,1-3H3,(H,44,45)/t26-,27?,29?,30?,32-,36+,38+/m0/s1. The van der Waals surface area contributed by atoms with Gasteiger partial charge in [-0.25, -0.2) is 4.39 Å². The maximum absolute atomic E-state index is 14.4. The van der Waals surface area contributed by atoms with Gasteiger partial charge in [0, 0.05) is 44.1 Å². The van der Waals surface area contributed by atoms with Crippen molar-refractivity contribution in [3.05, 3.63) is 89.5 Å². The van der Waals surface area contributed by atoms with Crippen LogP contribution in [0.15, 0.2) is 72.6 Å². The fourth-order valence-corrected chi connectivity index (χ4v) is 8.75. The van der Waals surface area contributed by atoms with Crippen molar-refractivity contribution in [2.75, 3.05) is 13.1 Å². The topological polar surface area (TPSA) is 58.4 Å². The van der Waals surface area contributed by atoms with Crippen LogP contribution < -0.4 is 0 Å². The fourth-order valence-electron chi connectivity index (χ4n) is 8.75. The molecular weight excluding hydrogens is 561 g/mol. The van der Waals surface area contributed by atoms with E-state index in [1.165, 1.54) is 34.9 Å². The number of carbonyl (C=O) groups is 1. The molecule has 240 valence electrons. The normalized spacial score (nSPS) is 27.0. The SMILES string of the molecule is CC[C@H](C)[C@H](C(=O)O)N1C[C@H](CC2CCC(c3cc(Cc4cccc5ccccc45)nn3CC)CC2)[C@@H](C2C=CC=C(F)C2)C1. The van der Waals surface area contributed by atoms with E-state index >= 15 is 0 Å². The first-order chi connectivity index (χ1) is 21.8. The van der Waals surface area contributed by atoms with Crippen LogP contribution in [0.2, 0.25) is 0 Å². The Bertz CT molecular complexity index is 1530. The summed E-state index contributed by atoms with van der Waals surface area (Å²) < 4.78 is 16.6. The van der Waals surface area contributed by atoms with Gasteiger partial charge >= 0.3 is 5.97 Å². The number of carboxylic acid groups (broad SMARTS) is 1. The van der Waals surface area contributed by atoms with Crippen molar-refractivity contribution in [2.45, 2.75) is 90.6 Å². The van der Waals surface area contributed by atoms with Gasteiger partial charge in [-0.3, -0.25) is 14.4 Å². The zero-order chi connectivity index (χ0) is 31.5. The van der Waals surface area contributed by atoms with Crippen molar-refractivity contribution in [2.24, 2.45) is 29.6 Å². The third kappa shape index (κ3) is 6.96. The minimum Gasteiger partial charge on any atom is -0.480 e. The molecule has 1 aromatic heterocycles. The van der Waals surface area contributed by atoms with Gasteiger partial charge in [-0.15, -0.1) is 0 Å². The van der Waals surface area contributed by atoms with E-state index in [4.69, 9.17) is 5.10 Å². The monoisotopic (exact) mass is 611 g/mol. The predicted octanol–water partition coefficient (Wildman–Crippen LogP) is 8.79. The highest BCUT2D eigenvalue weighted by molar-refractivity contribution is 5.85. The third-order valence-electron chi connectivity index (χ3n) is 11.3. The quantitative estimate of drug-likeness (QED) is 0.235. The van der Waals surface area contributed by atoms with E-state index in [1.54, 1.807) is 6.08 Å². The largest absolute Gasteiger partial charge is 0.480 e. The minimum atomic E-state index is -0.720. The van der Waals surface area contributed by atoms with Crippen molar-refractivity contribution in [1.82, 2.24) is 14.7 Å². The van der Waals surface area contributed by atoms with E-state index in [0.29, 0.717) is 30.1 Å². The molecule has 3 aliphatic rings. The van der Waals surface area contributed by atoms with Crippen LogP contribution in [-0.2, 0) is 17.8 Å². The summed E-state index contributed by atoms with van der Waals surface area (Å²) in [7, 11) is 0. The van der Waals surface area contributed by atoms with Gasteiger partial charge in [-0.05, 0) is 97.1 Å². The summed E-state index contributed by atoms with van der Waals surface area (Å²) in [6.07, 6.45) is 13.5. The average Bonchev–Trinajstić information content (AvgIpc) is 3.65. The van der Waals surface area contributed by atoms with Crippen LogP contribution in [0, 0.1) is 29.6 Å². The Balaban J connectivity index is 1.13. The number of likely N-dealkylation sites (tertiary alicyclic amines) is 1. The van der Waals surface area contributed by atoms with Gasteiger partial charge in [0.1, 0.15) is 11.9 Å². The number of aliphatic carboxylic acids is 1. The zero-order valence-corrected chi connectivity index (χ0v) is 27.2. The summed E-state index contributed by atoms with van der Waals surface area (Å²) >= 11 is 0. The first-order valence-corrected chi connectivity index (χ1v) is 17.4. The highest BCUT2D eigenvalue weighted by atomic mass is 19.1. The second kappa shape index (κ2) is 14.0. The molecule has 5 atom stereocenters. The van der Waals surface area contributed by atoms with Crippen LogP contribution in [0.4, 0.5) is 4.39 Å². The number of halogens is 1. The molecule has 0 amide bonds. The van der Waals surface area contributed by atoms with Crippen LogP contribution in [0.5, 0.6) is 0 Å². The Hall–Kier alpha value is -3.25. The molecule has 45 heavy (non-hydrogen) atoms. The molecule has 0 bridgehead atoms. The van der Waals surface area contributed by atoms with Crippen molar-refractivity contribution in [3.63, 3.8) is 0 Å². The summed E-state index contributed by atoms with van der Waals surface area (Å²) in [6.45, 7) is 8.76. The van der Waals surface area contributed by atoms with Gasteiger partial charge in [0.05, 0.1) is 5.69 Å². The fraction of sp³-hybridized carbons (Fsp3) is 0.538. The molecule has 1 aliphatic heterocycles. The molecule has 6 rings (SSSR count). The first kappa shape index (κ1) is 31.7. The summed E-state index contributed by atoms with van der Waals surface area (Å²) in [5.74, 6) is 1.30. The van der Waals surface area contributed by atoms with Crippen LogP contribution >= 0.6 is 0 Å². The molecule has 2 heterocycles. The lowest BCUT2D eigenvalue weighted by Crippen LogP contribution is -2.44. The molecule has 2 aliphatic carbocycles. The second-order valence-electron chi connectivity index (χ2n) is 14.1. The number of hydrogen-bond acceptors (Lipinski definition) is 3. The Labute approximate surface area is 268 Å². The van der Waals surface area contributed by atoms with Gasteiger partial charge < -0.3 is 5.11 Å². The van der Waals surface area contributed by atoms with E-state index in [0.717, 1.165) is 57.4 Å². The number of allylic oxidation sites excluding steroid dienone is 4. The maximum atomic E-state index is 14.4. The van der Waals surface area contributed by atoms with Crippen molar-refractivity contribution in [3.8, 4) is 0 Å². The number of rotatable bonds is 11. The van der Waals surface area contributed by atoms with E-state index in [-0.39, 0.29) is 17.7 Å². The molecule has 1 unspecified atom stereocenters. The van der Waals surface area contributed by atoms with Gasteiger partial charge in [-0.2, -0.15) is 5.10 Å². The lowest BCUT2D eigenvalue weighted by molar-refractivity contribution is -0.145. The number of aromatic nitrogens is 2. The molecule has 0 radical (unpaired) electrons. The number of carboxylic acids is 1. The van der Waals surface area contributed by atoms with Crippen LogP contribution in [-0.4, -0.2) is 44.9 Å². The molecule has 5 nitrogen and oxygen atoms in total. The van der Waals surface area contributed by atoms with Gasteiger partial charge in [0.2, 0.25) is 0 Å². The van der Waals surface area contributed by atoms with E-state index in [9.17, 15) is 14.3 Å². The van der Waals surface area contributed by atoms with Crippen molar-refractivity contribution < 1.29 is 14.3 Å². The molecular formula is C39H50FN3O2. The number of nitrogens with zero attached hydrogens (tertiary/aromatic N) is 3. The van der Waals surface area contributed by atoms with E-state index in [1.807, 2.05) is 6.08 Å². The lowest BCUT2D eigenvalue weighted by Gasteiger charge is -2.33. The molecule has 3 aromatic rings. The van der Waals surface area contributed by atoms with Gasteiger partial charge in [0.15, 0.2) is 0 Å².